The Balaban J connectivity index is 1.40. The molecule has 2 N–H and O–H groups in total. The Hall–Kier alpha value is -1.55. The molecule has 1 saturated heterocycles. The minimum atomic E-state index is 0.201. The molecule has 1 aromatic carbocycles. The number of rotatable bonds is 7. The van der Waals surface area contributed by atoms with Gasteiger partial charge in [-0.1, -0.05) is 12.1 Å². The maximum Gasteiger partial charge on any atom is 0.223 e. The van der Waals surface area contributed by atoms with Crippen LogP contribution >= 0.6 is 0 Å². The van der Waals surface area contributed by atoms with E-state index < -0.39 is 0 Å². The van der Waals surface area contributed by atoms with Crippen LogP contribution in [0.3, 0.4) is 0 Å². The monoisotopic (exact) mass is 344 g/mol. The fourth-order valence-corrected chi connectivity index (χ4v) is 4.00. The van der Waals surface area contributed by atoms with E-state index in [0.29, 0.717) is 5.41 Å². The molecule has 1 aliphatic carbocycles. The van der Waals surface area contributed by atoms with Crippen LogP contribution < -0.4 is 15.4 Å². The smallest absolute Gasteiger partial charge is 0.223 e. The predicted octanol–water partition coefficient (Wildman–Crippen LogP) is 3.30. The second-order valence-electron chi connectivity index (χ2n) is 8.13. The van der Waals surface area contributed by atoms with Gasteiger partial charge in [-0.25, -0.2) is 0 Å². The highest BCUT2D eigenvalue weighted by molar-refractivity contribution is 5.82. The van der Waals surface area contributed by atoms with Crippen LogP contribution in [0.4, 0.5) is 0 Å². The Bertz CT molecular complexity index is 576. The molecule has 2 atom stereocenters. The van der Waals surface area contributed by atoms with E-state index in [1.54, 1.807) is 0 Å². The lowest BCUT2D eigenvalue weighted by molar-refractivity contribution is -0.123. The second-order valence-corrected chi connectivity index (χ2v) is 8.13. The van der Waals surface area contributed by atoms with E-state index in [1.165, 1.54) is 5.56 Å². The summed E-state index contributed by atoms with van der Waals surface area (Å²) >= 11 is 0. The number of hydrogen-bond donors (Lipinski definition) is 2. The molecule has 1 aromatic rings. The number of benzene rings is 1. The van der Waals surface area contributed by atoms with E-state index >= 15 is 0 Å². The highest BCUT2D eigenvalue weighted by Crippen LogP contribution is 2.58. The van der Waals surface area contributed by atoms with Gasteiger partial charge in [-0.3, -0.25) is 4.79 Å². The topological polar surface area (TPSA) is 50.4 Å². The van der Waals surface area contributed by atoms with Crippen molar-refractivity contribution in [2.75, 3.05) is 13.1 Å². The predicted molar refractivity (Wildman–Crippen MR) is 101 cm³/mol. The fourth-order valence-electron chi connectivity index (χ4n) is 4.00. The van der Waals surface area contributed by atoms with Crippen LogP contribution in [0.2, 0.25) is 0 Å². The summed E-state index contributed by atoms with van der Waals surface area (Å²) in [4.78, 5) is 12.5. The van der Waals surface area contributed by atoms with Crippen LogP contribution in [0.1, 0.15) is 52.0 Å². The van der Waals surface area contributed by atoms with Crippen molar-refractivity contribution >= 4 is 5.91 Å². The van der Waals surface area contributed by atoms with Gasteiger partial charge in [0, 0.05) is 12.0 Å². The van der Waals surface area contributed by atoms with Crippen molar-refractivity contribution in [3.63, 3.8) is 0 Å². The van der Waals surface area contributed by atoms with Crippen molar-refractivity contribution in [1.29, 1.82) is 0 Å². The summed E-state index contributed by atoms with van der Waals surface area (Å²) < 4.78 is 5.67. The average molecular weight is 344 g/mol. The Morgan fingerprint density at radius 1 is 1.24 bits per heavy atom. The maximum atomic E-state index is 12.5. The molecule has 3 rings (SSSR count). The number of aryl methyl sites for hydroxylation is 1. The molecule has 1 heterocycles. The number of hydrogen-bond acceptors (Lipinski definition) is 3. The molecule has 1 amide bonds. The van der Waals surface area contributed by atoms with Gasteiger partial charge in [0.05, 0.1) is 6.10 Å². The number of piperidine rings is 1. The third kappa shape index (κ3) is 4.75. The molecule has 0 bridgehead atoms. The number of carbonyl (C=O) groups excluding carboxylic acids is 1. The zero-order chi connectivity index (χ0) is 17.9. The lowest BCUT2D eigenvalue weighted by atomic mass is 9.91. The van der Waals surface area contributed by atoms with Crippen molar-refractivity contribution in [3.05, 3.63) is 29.8 Å². The third-order valence-electron chi connectivity index (χ3n) is 5.66. The summed E-state index contributed by atoms with van der Waals surface area (Å²) in [5, 5.41) is 6.63. The Kier molecular flexibility index (Phi) is 5.67. The number of carbonyl (C=O) groups is 1. The molecule has 2 fully saturated rings. The molecular weight excluding hydrogens is 312 g/mol. The van der Waals surface area contributed by atoms with Crippen LogP contribution in [-0.2, 0) is 11.2 Å². The second kappa shape index (κ2) is 7.77. The quantitative estimate of drug-likeness (QED) is 0.798. The van der Waals surface area contributed by atoms with Crippen molar-refractivity contribution in [3.8, 4) is 5.75 Å². The summed E-state index contributed by atoms with van der Waals surface area (Å²) in [6, 6.07) is 8.53. The molecule has 1 saturated carbocycles. The van der Waals surface area contributed by atoms with Gasteiger partial charge in [0.1, 0.15) is 5.75 Å². The first-order valence-corrected chi connectivity index (χ1v) is 9.75. The summed E-state index contributed by atoms with van der Waals surface area (Å²) in [5.41, 5.74) is 1.61. The largest absolute Gasteiger partial charge is 0.491 e. The third-order valence-corrected chi connectivity index (χ3v) is 5.66. The molecule has 25 heavy (non-hydrogen) atoms. The van der Waals surface area contributed by atoms with E-state index in [4.69, 9.17) is 4.74 Å². The fraction of sp³-hybridized carbons (Fsp3) is 0.667. The molecule has 4 heteroatoms. The zero-order valence-corrected chi connectivity index (χ0v) is 15.8. The van der Waals surface area contributed by atoms with Crippen LogP contribution in [0.25, 0.3) is 0 Å². The van der Waals surface area contributed by atoms with Gasteiger partial charge in [-0.05, 0) is 89.1 Å². The van der Waals surface area contributed by atoms with Crippen LogP contribution in [0.15, 0.2) is 24.3 Å². The average Bonchev–Trinajstić information content (AvgIpc) is 3.27. The highest BCUT2D eigenvalue weighted by Gasteiger charge is 2.57. The number of nitrogens with one attached hydrogen (secondary N) is 2. The molecule has 1 aliphatic heterocycles. The molecule has 0 aromatic heterocycles. The van der Waals surface area contributed by atoms with Gasteiger partial charge < -0.3 is 15.4 Å². The van der Waals surface area contributed by atoms with E-state index in [0.717, 1.165) is 50.9 Å². The van der Waals surface area contributed by atoms with Gasteiger partial charge >= 0.3 is 0 Å². The van der Waals surface area contributed by atoms with Crippen molar-refractivity contribution in [2.45, 2.75) is 65.0 Å². The van der Waals surface area contributed by atoms with Crippen LogP contribution in [0.5, 0.6) is 5.75 Å². The van der Waals surface area contributed by atoms with E-state index in [1.807, 2.05) is 26.0 Å². The minimum Gasteiger partial charge on any atom is -0.491 e. The molecule has 0 radical (unpaired) electrons. The molecule has 138 valence electrons. The molecule has 1 spiro atoms. The van der Waals surface area contributed by atoms with Gasteiger partial charge in [-0.15, -0.1) is 0 Å². The summed E-state index contributed by atoms with van der Waals surface area (Å²) in [5.74, 6) is 1.45. The van der Waals surface area contributed by atoms with Gasteiger partial charge in [0.15, 0.2) is 0 Å². The lowest BCUT2D eigenvalue weighted by Crippen LogP contribution is -2.37. The molecule has 4 nitrogen and oxygen atoms in total. The molecular formula is C21H32N2O2. The van der Waals surface area contributed by atoms with Crippen molar-refractivity contribution < 1.29 is 9.53 Å². The van der Waals surface area contributed by atoms with Gasteiger partial charge in [0.25, 0.3) is 0 Å². The number of amides is 1. The SMILES string of the molecule is CC(CCc1ccc(OC(C)C)cc1)NC(=O)C1CC12CCNCC2. The standard InChI is InChI=1S/C21H32N2O2/c1-15(2)25-18-8-6-17(7-9-18)5-4-16(3)23-20(24)19-14-21(19)10-12-22-13-11-21/h6-9,15-16,19,22H,4-5,10-14H2,1-3H3,(H,23,24). The van der Waals surface area contributed by atoms with Gasteiger partial charge in [0.2, 0.25) is 5.91 Å². The van der Waals surface area contributed by atoms with Crippen LogP contribution in [-0.4, -0.2) is 31.1 Å². The maximum absolute atomic E-state index is 12.5. The normalized spacial score (nSPS) is 22.6. The van der Waals surface area contributed by atoms with E-state index in [-0.39, 0.29) is 24.0 Å². The van der Waals surface area contributed by atoms with Gasteiger partial charge in [-0.2, -0.15) is 0 Å². The van der Waals surface area contributed by atoms with Crippen LogP contribution in [0, 0.1) is 11.3 Å². The summed E-state index contributed by atoms with van der Waals surface area (Å²) in [6.07, 6.45) is 5.55. The Labute approximate surface area is 151 Å². The molecule has 2 aliphatic rings. The summed E-state index contributed by atoms with van der Waals surface area (Å²) in [6.45, 7) is 8.32. The van der Waals surface area contributed by atoms with Crippen molar-refractivity contribution in [1.82, 2.24) is 10.6 Å². The van der Waals surface area contributed by atoms with E-state index in [9.17, 15) is 4.79 Å². The summed E-state index contributed by atoms with van der Waals surface area (Å²) in [7, 11) is 0. The lowest BCUT2D eigenvalue weighted by Gasteiger charge is -2.23. The number of ether oxygens (including phenoxy) is 1. The minimum absolute atomic E-state index is 0.201. The van der Waals surface area contributed by atoms with E-state index in [2.05, 4.69) is 29.7 Å². The first kappa shape index (κ1) is 18.2. The Morgan fingerprint density at radius 3 is 2.56 bits per heavy atom. The van der Waals surface area contributed by atoms with Crippen molar-refractivity contribution in [2.24, 2.45) is 11.3 Å². The zero-order valence-electron chi connectivity index (χ0n) is 15.8. The first-order valence-electron chi connectivity index (χ1n) is 9.75. The first-order chi connectivity index (χ1) is 12.0. The molecule has 2 unspecified atom stereocenters. The highest BCUT2D eigenvalue weighted by atomic mass is 16.5. The Morgan fingerprint density at radius 2 is 1.92 bits per heavy atom.